The summed E-state index contributed by atoms with van der Waals surface area (Å²) >= 11 is 0. The lowest BCUT2D eigenvalue weighted by Crippen LogP contribution is -2.12. The van der Waals surface area contributed by atoms with Crippen molar-refractivity contribution in [3.63, 3.8) is 0 Å². The highest BCUT2D eigenvalue weighted by Gasteiger charge is 2.47. The van der Waals surface area contributed by atoms with Crippen LogP contribution in [0.5, 0.6) is 0 Å². The molecule has 2 unspecified atom stereocenters. The van der Waals surface area contributed by atoms with E-state index in [4.69, 9.17) is 4.42 Å². The molecule has 0 N–H and O–H groups in total. The number of carbonyl (C=O) groups is 1. The number of ketones is 1. The maximum absolute atomic E-state index is 12.7. The van der Waals surface area contributed by atoms with E-state index < -0.39 is 0 Å². The Morgan fingerprint density at radius 2 is 1.67 bits per heavy atom. The largest absolute Gasteiger partial charge is 0.456 e. The molecular formula is C19H16O2. The van der Waals surface area contributed by atoms with Crippen molar-refractivity contribution in [1.82, 2.24) is 0 Å². The van der Waals surface area contributed by atoms with Gasteiger partial charge in [-0.2, -0.15) is 0 Å². The summed E-state index contributed by atoms with van der Waals surface area (Å²) in [6.07, 6.45) is 3.57. The molecule has 2 fully saturated rings. The molecule has 1 heterocycles. The molecule has 5 rings (SSSR count). The molecule has 2 nitrogen and oxygen atoms in total. The van der Waals surface area contributed by atoms with Gasteiger partial charge in [0, 0.05) is 22.3 Å². The fourth-order valence-corrected chi connectivity index (χ4v) is 4.04. The van der Waals surface area contributed by atoms with E-state index in [1.54, 1.807) is 0 Å². The highest BCUT2D eigenvalue weighted by atomic mass is 16.3. The first-order valence-corrected chi connectivity index (χ1v) is 7.75. The number of para-hydroxylation sites is 1. The van der Waals surface area contributed by atoms with Gasteiger partial charge in [-0.05, 0) is 55.4 Å². The average Bonchev–Trinajstić information content (AvgIpc) is 2.97. The number of fused-ring (bicyclic) bond motifs is 4. The number of carbonyl (C=O) groups excluding carboxylic acids is 1. The molecule has 1 aromatic heterocycles. The fraction of sp³-hybridized carbons (Fsp3) is 0.316. The minimum absolute atomic E-state index is 0.254. The topological polar surface area (TPSA) is 30.2 Å². The van der Waals surface area contributed by atoms with Gasteiger partial charge in [0.15, 0.2) is 5.78 Å². The Bertz CT molecular complexity index is 864. The lowest BCUT2D eigenvalue weighted by atomic mass is 9.92. The van der Waals surface area contributed by atoms with Crippen LogP contribution in [0.25, 0.3) is 21.9 Å². The molecule has 2 aromatic carbocycles. The summed E-state index contributed by atoms with van der Waals surface area (Å²) in [6, 6.07) is 13.9. The van der Waals surface area contributed by atoms with E-state index in [1.807, 2.05) is 36.4 Å². The Morgan fingerprint density at radius 3 is 2.52 bits per heavy atom. The SMILES string of the molecule is O=C(c1ccc2oc3ccccc3c2c1)C1CC2CC2C1. The highest BCUT2D eigenvalue weighted by Crippen LogP contribution is 2.55. The molecule has 2 atom stereocenters. The Labute approximate surface area is 122 Å². The normalized spacial score (nSPS) is 27.1. The van der Waals surface area contributed by atoms with Crippen molar-refractivity contribution >= 4 is 27.7 Å². The maximum Gasteiger partial charge on any atom is 0.165 e. The van der Waals surface area contributed by atoms with Gasteiger partial charge in [-0.1, -0.05) is 18.2 Å². The molecule has 104 valence electrons. The van der Waals surface area contributed by atoms with Crippen LogP contribution in [0.1, 0.15) is 29.6 Å². The Morgan fingerprint density at radius 1 is 0.905 bits per heavy atom. The average molecular weight is 276 g/mol. The van der Waals surface area contributed by atoms with E-state index in [0.29, 0.717) is 5.78 Å². The van der Waals surface area contributed by atoms with Crippen LogP contribution in [0, 0.1) is 17.8 Å². The number of Topliss-reactive ketones (excluding diaryl/α,β-unsaturated/α-hetero) is 1. The second-order valence-electron chi connectivity index (χ2n) is 6.60. The van der Waals surface area contributed by atoms with Crippen molar-refractivity contribution in [2.75, 3.05) is 0 Å². The first kappa shape index (κ1) is 11.6. The van der Waals surface area contributed by atoms with Gasteiger partial charge in [-0.3, -0.25) is 4.79 Å². The number of furan rings is 1. The van der Waals surface area contributed by atoms with Crippen molar-refractivity contribution in [2.24, 2.45) is 17.8 Å². The quantitative estimate of drug-likeness (QED) is 0.628. The van der Waals surface area contributed by atoms with Crippen LogP contribution in [0.15, 0.2) is 46.9 Å². The van der Waals surface area contributed by atoms with Crippen LogP contribution in [-0.4, -0.2) is 5.78 Å². The van der Waals surface area contributed by atoms with Gasteiger partial charge in [0.25, 0.3) is 0 Å². The zero-order valence-corrected chi connectivity index (χ0v) is 11.7. The molecule has 21 heavy (non-hydrogen) atoms. The molecule has 0 amide bonds. The summed E-state index contributed by atoms with van der Waals surface area (Å²) in [5.74, 6) is 2.27. The van der Waals surface area contributed by atoms with E-state index in [-0.39, 0.29) is 5.92 Å². The molecule has 3 aromatic rings. The second-order valence-corrected chi connectivity index (χ2v) is 6.60. The van der Waals surface area contributed by atoms with E-state index in [1.165, 1.54) is 6.42 Å². The van der Waals surface area contributed by atoms with Crippen molar-refractivity contribution in [1.29, 1.82) is 0 Å². The molecular weight excluding hydrogens is 260 g/mol. The standard InChI is InChI=1S/C19H16O2/c20-19(14-8-12-7-13(12)9-14)11-5-6-18-16(10-11)15-3-1-2-4-17(15)21-18/h1-6,10,12-14H,7-9H2. The molecule has 0 bridgehead atoms. The van der Waals surface area contributed by atoms with Crippen molar-refractivity contribution < 1.29 is 9.21 Å². The lowest BCUT2D eigenvalue weighted by molar-refractivity contribution is 0.0914. The van der Waals surface area contributed by atoms with E-state index in [2.05, 4.69) is 6.07 Å². The minimum Gasteiger partial charge on any atom is -0.456 e. The van der Waals surface area contributed by atoms with Crippen LogP contribution >= 0.6 is 0 Å². The zero-order chi connectivity index (χ0) is 14.0. The van der Waals surface area contributed by atoms with Crippen LogP contribution in [0.3, 0.4) is 0 Å². The maximum atomic E-state index is 12.7. The Kier molecular flexibility index (Phi) is 2.19. The number of hydrogen-bond donors (Lipinski definition) is 0. The van der Waals surface area contributed by atoms with Gasteiger partial charge in [0.2, 0.25) is 0 Å². The molecule has 0 saturated heterocycles. The van der Waals surface area contributed by atoms with Gasteiger partial charge in [0.1, 0.15) is 11.2 Å². The first-order valence-electron chi connectivity index (χ1n) is 7.75. The summed E-state index contributed by atoms with van der Waals surface area (Å²) in [7, 11) is 0. The zero-order valence-electron chi connectivity index (χ0n) is 11.7. The highest BCUT2D eigenvalue weighted by molar-refractivity contribution is 6.08. The van der Waals surface area contributed by atoms with Gasteiger partial charge in [-0.25, -0.2) is 0 Å². The number of benzene rings is 2. The predicted octanol–water partition coefficient (Wildman–Crippen LogP) is 4.81. The summed E-state index contributed by atoms with van der Waals surface area (Å²) in [5.41, 5.74) is 2.60. The molecule has 2 aliphatic rings. The van der Waals surface area contributed by atoms with Crippen molar-refractivity contribution in [3.05, 3.63) is 48.0 Å². The van der Waals surface area contributed by atoms with Crippen molar-refractivity contribution in [2.45, 2.75) is 19.3 Å². The van der Waals surface area contributed by atoms with E-state index in [9.17, 15) is 4.79 Å². The van der Waals surface area contributed by atoms with Crippen molar-refractivity contribution in [3.8, 4) is 0 Å². The second kappa shape index (κ2) is 3.97. The Balaban J connectivity index is 1.60. The van der Waals surface area contributed by atoms with Gasteiger partial charge in [-0.15, -0.1) is 0 Å². The van der Waals surface area contributed by atoms with Crippen LogP contribution < -0.4 is 0 Å². The van der Waals surface area contributed by atoms with E-state index >= 15 is 0 Å². The fourth-order valence-electron chi connectivity index (χ4n) is 4.04. The van der Waals surface area contributed by atoms with Gasteiger partial charge in [0.05, 0.1) is 0 Å². The molecule has 0 aliphatic heterocycles. The van der Waals surface area contributed by atoms with Crippen LogP contribution in [0.2, 0.25) is 0 Å². The van der Waals surface area contributed by atoms with Gasteiger partial charge >= 0.3 is 0 Å². The monoisotopic (exact) mass is 276 g/mol. The summed E-state index contributed by atoms with van der Waals surface area (Å²) in [5, 5.41) is 2.15. The molecule has 2 saturated carbocycles. The van der Waals surface area contributed by atoms with Gasteiger partial charge < -0.3 is 4.42 Å². The number of hydrogen-bond acceptors (Lipinski definition) is 2. The van der Waals surface area contributed by atoms with Crippen LogP contribution in [-0.2, 0) is 0 Å². The molecule has 2 heteroatoms. The molecule has 0 spiro atoms. The molecule has 0 radical (unpaired) electrons. The minimum atomic E-state index is 0.254. The smallest absolute Gasteiger partial charge is 0.165 e. The third-order valence-electron chi connectivity index (χ3n) is 5.28. The molecule has 2 aliphatic carbocycles. The lowest BCUT2D eigenvalue weighted by Gasteiger charge is -2.10. The summed E-state index contributed by atoms with van der Waals surface area (Å²) < 4.78 is 5.83. The Hall–Kier alpha value is -2.09. The third kappa shape index (κ3) is 1.68. The number of rotatable bonds is 2. The summed E-state index contributed by atoms with van der Waals surface area (Å²) in [6.45, 7) is 0. The first-order chi connectivity index (χ1) is 10.3. The third-order valence-corrected chi connectivity index (χ3v) is 5.28. The van der Waals surface area contributed by atoms with E-state index in [0.717, 1.165) is 52.2 Å². The van der Waals surface area contributed by atoms with Crippen LogP contribution in [0.4, 0.5) is 0 Å². The predicted molar refractivity (Wildman–Crippen MR) is 82.4 cm³/mol. The summed E-state index contributed by atoms with van der Waals surface area (Å²) in [4.78, 5) is 12.7.